The Balaban J connectivity index is 3.86. The highest BCUT2D eigenvalue weighted by Crippen LogP contribution is 2.43. The van der Waals surface area contributed by atoms with E-state index in [0.29, 0.717) is 12.8 Å². The third-order valence-corrected chi connectivity index (χ3v) is 10.5. The molecule has 0 saturated heterocycles. The minimum atomic E-state index is -4.75. The summed E-state index contributed by atoms with van der Waals surface area (Å²) in [5.41, 5.74) is 0. The van der Waals surface area contributed by atoms with Crippen molar-refractivity contribution in [3.8, 4) is 0 Å². The highest BCUT2D eigenvalue weighted by Gasteiger charge is 2.28. The Bertz CT molecular complexity index is 979. The van der Waals surface area contributed by atoms with Crippen molar-refractivity contribution in [1.29, 1.82) is 0 Å². The van der Waals surface area contributed by atoms with Crippen LogP contribution in [0.3, 0.4) is 0 Å². The van der Waals surface area contributed by atoms with Crippen LogP contribution in [0.2, 0.25) is 0 Å². The number of hydrogen-bond acceptors (Lipinski definition) is 8. The molecule has 54 heavy (non-hydrogen) atoms. The first kappa shape index (κ1) is 52.2. The van der Waals surface area contributed by atoms with Crippen LogP contribution in [-0.4, -0.2) is 64.9 Å². The number of esters is 1. The number of carboxylic acids is 1. The third kappa shape index (κ3) is 37.2. The molecule has 0 aliphatic carbocycles. The number of phosphoric ester groups is 1. The zero-order valence-corrected chi connectivity index (χ0v) is 35.2. The van der Waals surface area contributed by atoms with E-state index in [0.717, 1.165) is 57.8 Å². The molecule has 11 nitrogen and oxygen atoms in total. The fourth-order valence-corrected chi connectivity index (χ4v) is 6.91. The van der Waals surface area contributed by atoms with Crippen molar-refractivity contribution in [2.24, 2.45) is 0 Å². The Hall–Kier alpha value is -1.78. The van der Waals surface area contributed by atoms with E-state index in [9.17, 15) is 34.1 Å². The summed E-state index contributed by atoms with van der Waals surface area (Å²) < 4.78 is 26.8. The van der Waals surface area contributed by atoms with Crippen molar-refractivity contribution in [3.63, 3.8) is 0 Å². The molecule has 0 fully saturated rings. The summed E-state index contributed by atoms with van der Waals surface area (Å²) in [7, 11) is -4.75. The van der Waals surface area contributed by atoms with Gasteiger partial charge in [-0.1, -0.05) is 167 Å². The van der Waals surface area contributed by atoms with E-state index in [-0.39, 0.29) is 12.8 Å². The Morgan fingerprint density at radius 1 is 0.574 bits per heavy atom. The number of aliphatic hydroxyl groups excluding tert-OH is 1. The summed E-state index contributed by atoms with van der Waals surface area (Å²) in [6.07, 6.45) is 36.7. The maximum atomic E-state index is 12.2. The van der Waals surface area contributed by atoms with Crippen LogP contribution in [0.5, 0.6) is 0 Å². The van der Waals surface area contributed by atoms with Gasteiger partial charge in [-0.3, -0.25) is 18.6 Å². The highest BCUT2D eigenvalue weighted by atomic mass is 31.2. The normalized spacial score (nSPS) is 13.9. The molecule has 1 amide bonds. The summed E-state index contributed by atoms with van der Waals surface area (Å²) in [6, 6.07) is -1.55. The molecule has 4 N–H and O–H groups in total. The SMILES string of the molecule is CCCCC/C=C\CCCCCCCC(=O)NC(COP(=O)(O)OCC(O)COC(=O)CCCCCCCCCCCCCCCCCCCC)C(=O)O. The molecule has 0 heterocycles. The quantitative estimate of drug-likeness (QED) is 0.0202. The molecule has 0 radical (unpaired) electrons. The molecule has 0 aromatic rings. The molecule has 12 heteroatoms. The number of aliphatic carboxylic acids is 1. The van der Waals surface area contributed by atoms with E-state index >= 15 is 0 Å². The van der Waals surface area contributed by atoms with E-state index < -0.39 is 57.6 Å². The Morgan fingerprint density at radius 3 is 1.44 bits per heavy atom. The van der Waals surface area contributed by atoms with Crippen LogP contribution in [-0.2, 0) is 32.7 Å². The first-order valence-electron chi connectivity index (χ1n) is 21.7. The van der Waals surface area contributed by atoms with Crippen molar-refractivity contribution in [2.45, 2.75) is 219 Å². The predicted octanol–water partition coefficient (Wildman–Crippen LogP) is 10.9. The molecule has 318 valence electrons. The zero-order valence-electron chi connectivity index (χ0n) is 34.3. The van der Waals surface area contributed by atoms with Gasteiger partial charge in [-0.15, -0.1) is 0 Å². The fraction of sp³-hybridized carbons (Fsp3) is 0.881. The zero-order chi connectivity index (χ0) is 40.0. The molecule has 3 unspecified atom stereocenters. The van der Waals surface area contributed by atoms with E-state index in [1.54, 1.807) is 0 Å². The molecule has 0 aliphatic rings. The Morgan fingerprint density at radius 2 is 0.963 bits per heavy atom. The smallest absolute Gasteiger partial charge is 0.472 e. The number of phosphoric acid groups is 1. The van der Waals surface area contributed by atoms with Crippen LogP contribution >= 0.6 is 7.82 Å². The second kappa shape index (κ2) is 38.1. The standard InChI is InChI=1S/C42H80NO10P/c1-3-5-7-9-11-13-15-17-18-19-20-21-22-24-26-28-30-32-34-41(46)51-35-38(44)36-52-54(49,50)53-37-39(42(47)48)43-40(45)33-31-29-27-25-23-16-14-12-10-8-6-4-2/h12,14,38-39,44H,3-11,13,15-37H2,1-2H3,(H,43,45)(H,47,48)(H,49,50)/b14-12-. The number of hydrogen-bond donors (Lipinski definition) is 4. The molecule has 0 saturated carbocycles. The minimum absolute atomic E-state index is 0.138. The van der Waals surface area contributed by atoms with Gasteiger partial charge in [-0.2, -0.15) is 0 Å². The average molecular weight is 790 g/mol. The van der Waals surface area contributed by atoms with Crippen molar-refractivity contribution in [3.05, 3.63) is 12.2 Å². The van der Waals surface area contributed by atoms with Gasteiger partial charge in [-0.25, -0.2) is 9.36 Å². The van der Waals surface area contributed by atoms with Crippen molar-refractivity contribution < 1.29 is 47.8 Å². The lowest BCUT2D eigenvalue weighted by Gasteiger charge is -2.18. The number of nitrogens with one attached hydrogen (secondary N) is 1. The van der Waals surface area contributed by atoms with Gasteiger partial charge in [0.05, 0.1) is 13.2 Å². The number of rotatable bonds is 41. The number of carbonyl (C=O) groups excluding carboxylic acids is 2. The van der Waals surface area contributed by atoms with Gasteiger partial charge in [-0.05, 0) is 38.5 Å². The Labute approximate surface area is 328 Å². The molecule has 0 spiro atoms. The summed E-state index contributed by atoms with van der Waals surface area (Å²) in [5.74, 6) is -2.38. The van der Waals surface area contributed by atoms with Crippen molar-refractivity contribution in [1.82, 2.24) is 5.32 Å². The predicted molar refractivity (Wildman–Crippen MR) is 217 cm³/mol. The maximum Gasteiger partial charge on any atom is 0.472 e. The maximum absolute atomic E-state index is 12.2. The molecule has 3 atom stereocenters. The molecule has 0 aliphatic heterocycles. The second-order valence-corrected chi connectivity index (χ2v) is 16.3. The van der Waals surface area contributed by atoms with Crippen LogP contribution in [0.25, 0.3) is 0 Å². The number of allylic oxidation sites excluding steroid dienone is 2. The first-order valence-corrected chi connectivity index (χ1v) is 23.2. The van der Waals surface area contributed by atoms with Crippen LogP contribution in [0.1, 0.15) is 206 Å². The van der Waals surface area contributed by atoms with Crippen LogP contribution < -0.4 is 5.32 Å². The molecule has 0 rings (SSSR count). The molecule has 0 bridgehead atoms. The summed E-state index contributed by atoms with van der Waals surface area (Å²) >= 11 is 0. The number of carboxylic acid groups (broad SMARTS) is 1. The van der Waals surface area contributed by atoms with Gasteiger partial charge in [0, 0.05) is 12.8 Å². The number of aliphatic hydroxyl groups is 1. The van der Waals surface area contributed by atoms with Crippen LogP contribution in [0, 0.1) is 0 Å². The number of carbonyl (C=O) groups is 3. The molecule has 0 aromatic carbocycles. The van der Waals surface area contributed by atoms with Gasteiger partial charge in [0.25, 0.3) is 0 Å². The van der Waals surface area contributed by atoms with Crippen LogP contribution in [0.4, 0.5) is 0 Å². The monoisotopic (exact) mass is 790 g/mol. The van der Waals surface area contributed by atoms with Gasteiger partial charge >= 0.3 is 19.8 Å². The fourth-order valence-electron chi connectivity index (χ4n) is 6.13. The second-order valence-electron chi connectivity index (χ2n) is 14.9. The Kier molecular flexibility index (Phi) is 36.9. The van der Waals surface area contributed by atoms with E-state index in [2.05, 4.69) is 31.3 Å². The largest absolute Gasteiger partial charge is 0.480 e. The summed E-state index contributed by atoms with van der Waals surface area (Å²) in [5, 5.41) is 21.8. The van der Waals surface area contributed by atoms with Gasteiger partial charge in [0.2, 0.25) is 5.91 Å². The van der Waals surface area contributed by atoms with Gasteiger partial charge < -0.3 is 25.2 Å². The topological polar surface area (TPSA) is 169 Å². The average Bonchev–Trinajstić information content (AvgIpc) is 3.14. The number of unbranched alkanes of at least 4 members (excludes halogenated alkanes) is 25. The first-order chi connectivity index (χ1) is 26.1. The number of amides is 1. The summed E-state index contributed by atoms with van der Waals surface area (Å²) in [4.78, 5) is 45.8. The molecule has 0 aromatic heterocycles. The van der Waals surface area contributed by atoms with Crippen molar-refractivity contribution >= 4 is 25.7 Å². The van der Waals surface area contributed by atoms with E-state index in [1.807, 2.05) is 0 Å². The summed E-state index contributed by atoms with van der Waals surface area (Å²) in [6.45, 7) is 2.57. The highest BCUT2D eigenvalue weighted by molar-refractivity contribution is 7.47. The number of ether oxygens (including phenoxy) is 1. The lowest BCUT2D eigenvalue weighted by molar-refractivity contribution is -0.147. The lowest BCUT2D eigenvalue weighted by atomic mass is 10.0. The third-order valence-electron chi connectivity index (χ3n) is 9.55. The van der Waals surface area contributed by atoms with Crippen LogP contribution in [0.15, 0.2) is 12.2 Å². The van der Waals surface area contributed by atoms with E-state index in [1.165, 1.54) is 109 Å². The van der Waals surface area contributed by atoms with E-state index in [4.69, 9.17) is 13.8 Å². The van der Waals surface area contributed by atoms with Gasteiger partial charge in [0.1, 0.15) is 12.7 Å². The minimum Gasteiger partial charge on any atom is -0.480 e. The van der Waals surface area contributed by atoms with Crippen molar-refractivity contribution in [2.75, 3.05) is 19.8 Å². The molecular weight excluding hydrogens is 709 g/mol. The molecular formula is C42H80NO10P. The van der Waals surface area contributed by atoms with Gasteiger partial charge in [0.15, 0.2) is 6.04 Å². The lowest BCUT2D eigenvalue weighted by Crippen LogP contribution is -2.43.